The van der Waals surface area contributed by atoms with Gasteiger partial charge in [-0.05, 0) is 42.3 Å². The molecule has 0 saturated heterocycles. The quantitative estimate of drug-likeness (QED) is 0.933. The predicted octanol–water partition coefficient (Wildman–Crippen LogP) is 3.49. The molecule has 0 fully saturated rings. The zero-order valence-corrected chi connectivity index (χ0v) is 13.4. The summed E-state index contributed by atoms with van der Waals surface area (Å²) in [4.78, 5) is 16.4. The molecule has 1 N–H and O–H groups in total. The summed E-state index contributed by atoms with van der Waals surface area (Å²) in [6, 6.07) is 7.00. The zero-order valence-electron chi connectivity index (χ0n) is 11.9. The van der Waals surface area contributed by atoms with Gasteiger partial charge >= 0.3 is 0 Å². The molecule has 1 atom stereocenters. The van der Waals surface area contributed by atoms with Gasteiger partial charge in [0, 0.05) is 21.8 Å². The number of nitrogens with zero attached hydrogens (tertiary/aromatic N) is 1. The monoisotopic (exact) mass is 336 g/mol. The number of aryl methyl sites for hydroxylation is 1. The number of carbonyl (C=O) groups is 1. The van der Waals surface area contributed by atoms with Crippen molar-refractivity contribution in [1.29, 1.82) is 0 Å². The van der Waals surface area contributed by atoms with Crippen LogP contribution >= 0.6 is 23.2 Å². The van der Waals surface area contributed by atoms with Crippen LogP contribution in [0.3, 0.4) is 0 Å². The van der Waals surface area contributed by atoms with Crippen LogP contribution in [-0.4, -0.2) is 17.5 Å². The zero-order chi connectivity index (χ0) is 15.7. The Kier molecular flexibility index (Phi) is 4.23. The molecule has 1 aromatic heterocycles. The Balaban J connectivity index is 1.72. The molecule has 3 rings (SSSR count). The van der Waals surface area contributed by atoms with E-state index in [4.69, 9.17) is 27.9 Å². The first-order valence-electron chi connectivity index (χ1n) is 6.86. The standard InChI is InChI=1S/C16H14Cl2N2O2/c1-9-5-10(17)6-13(18)12(9)7-15(21)20-14-8-22-16-11(14)3-2-4-19-16/h2-6,14H,7-8H2,1H3,(H,20,21)/t14-/m1/s1. The van der Waals surface area contributed by atoms with Gasteiger partial charge in [-0.25, -0.2) is 4.98 Å². The van der Waals surface area contributed by atoms with E-state index in [-0.39, 0.29) is 18.4 Å². The van der Waals surface area contributed by atoms with Crippen LogP contribution in [0, 0.1) is 6.92 Å². The van der Waals surface area contributed by atoms with Gasteiger partial charge in [0.25, 0.3) is 0 Å². The largest absolute Gasteiger partial charge is 0.475 e. The summed E-state index contributed by atoms with van der Waals surface area (Å²) >= 11 is 12.1. The first-order chi connectivity index (χ1) is 10.5. The number of benzene rings is 1. The molecule has 1 amide bonds. The summed E-state index contributed by atoms with van der Waals surface area (Å²) in [5.74, 6) is 0.464. The smallest absolute Gasteiger partial charge is 0.225 e. The highest BCUT2D eigenvalue weighted by atomic mass is 35.5. The Morgan fingerprint density at radius 3 is 3.05 bits per heavy atom. The summed E-state index contributed by atoms with van der Waals surface area (Å²) in [6.07, 6.45) is 1.87. The average Bonchev–Trinajstić information content (AvgIpc) is 2.86. The summed E-state index contributed by atoms with van der Waals surface area (Å²) in [5, 5.41) is 4.03. The molecule has 0 aliphatic carbocycles. The summed E-state index contributed by atoms with van der Waals surface area (Å²) in [7, 11) is 0. The Labute approximate surface area is 138 Å². The van der Waals surface area contributed by atoms with Crippen molar-refractivity contribution in [2.75, 3.05) is 6.61 Å². The fourth-order valence-electron chi connectivity index (χ4n) is 2.52. The Bertz CT molecular complexity index is 711. The molecular formula is C16H14Cl2N2O2. The number of carbonyl (C=O) groups excluding carboxylic acids is 1. The minimum absolute atomic E-state index is 0.113. The molecule has 1 aliphatic rings. The van der Waals surface area contributed by atoms with E-state index in [0.717, 1.165) is 16.7 Å². The molecule has 22 heavy (non-hydrogen) atoms. The molecule has 2 aromatic rings. The number of fused-ring (bicyclic) bond motifs is 1. The van der Waals surface area contributed by atoms with Crippen LogP contribution in [0.2, 0.25) is 10.0 Å². The van der Waals surface area contributed by atoms with Crippen molar-refractivity contribution in [3.63, 3.8) is 0 Å². The maximum Gasteiger partial charge on any atom is 0.225 e. The van der Waals surface area contributed by atoms with E-state index in [1.54, 1.807) is 18.3 Å². The number of rotatable bonds is 3. The highest BCUT2D eigenvalue weighted by Gasteiger charge is 2.26. The maximum absolute atomic E-state index is 12.3. The van der Waals surface area contributed by atoms with Gasteiger partial charge < -0.3 is 10.1 Å². The SMILES string of the molecule is Cc1cc(Cl)cc(Cl)c1CC(=O)N[C@@H]1COc2ncccc21. The summed E-state index contributed by atoms with van der Waals surface area (Å²) in [6.45, 7) is 2.28. The third kappa shape index (κ3) is 3.03. The van der Waals surface area contributed by atoms with E-state index in [0.29, 0.717) is 22.5 Å². The predicted molar refractivity (Wildman–Crippen MR) is 85.5 cm³/mol. The number of hydrogen-bond donors (Lipinski definition) is 1. The first-order valence-corrected chi connectivity index (χ1v) is 7.62. The lowest BCUT2D eigenvalue weighted by Gasteiger charge is -2.13. The van der Waals surface area contributed by atoms with Gasteiger partial charge in [0.05, 0.1) is 12.5 Å². The summed E-state index contributed by atoms with van der Waals surface area (Å²) in [5.41, 5.74) is 2.58. The molecule has 0 unspecified atom stereocenters. The molecule has 6 heteroatoms. The van der Waals surface area contributed by atoms with Crippen LogP contribution in [0.4, 0.5) is 0 Å². The van der Waals surface area contributed by atoms with Crippen LogP contribution in [0.15, 0.2) is 30.5 Å². The Hall–Kier alpha value is -1.78. The number of ether oxygens (including phenoxy) is 1. The maximum atomic E-state index is 12.3. The number of nitrogens with one attached hydrogen (secondary N) is 1. The minimum atomic E-state index is -0.178. The molecule has 0 spiro atoms. The van der Waals surface area contributed by atoms with Gasteiger partial charge in [-0.2, -0.15) is 0 Å². The van der Waals surface area contributed by atoms with E-state index in [2.05, 4.69) is 10.3 Å². The topological polar surface area (TPSA) is 51.2 Å². The third-order valence-electron chi connectivity index (χ3n) is 3.62. The first kappa shape index (κ1) is 15.1. The number of aromatic nitrogens is 1. The van der Waals surface area contributed by atoms with Crippen LogP contribution in [0.25, 0.3) is 0 Å². The van der Waals surface area contributed by atoms with Gasteiger partial charge in [-0.1, -0.05) is 23.2 Å². The molecule has 4 nitrogen and oxygen atoms in total. The fourth-order valence-corrected chi connectivity index (χ4v) is 3.18. The van der Waals surface area contributed by atoms with E-state index >= 15 is 0 Å². The molecule has 0 saturated carbocycles. The van der Waals surface area contributed by atoms with E-state index in [1.165, 1.54) is 0 Å². The minimum Gasteiger partial charge on any atom is -0.475 e. The van der Waals surface area contributed by atoms with Crippen molar-refractivity contribution < 1.29 is 9.53 Å². The van der Waals surface area contributed by atoms with Crippen LogP contribution < -0.4 is 10.1 Å². The van der Waals surface area contributed by atoms with Crippen molar-refractivity contribution in [3.8, 4) is 5.88 Å². The van der Waals surface area contributed by atoms with Crippen LogP contribution in [0.5, 0.6) is 5.88 Å². The van der Waals surface area contributed by atoms with Crippen molar-refractivity contribution in [2.45, 2.75) is 19.4 Å². The van der Waals surface area contributed by atoms with E-state index < -0.39 is 0 Å². The normalized spacial score (nSPS) is 16.0. The lowest BCUT2D eigenvalue weighted by molar-refractivity contribution is -0.121. The van der Waals surface area contributed by atoms with Crippen LogP contribution in [-0.2, 0) is 11.2 Å². The third-order valence-corrected chi connectivity index (χ3v) is 4.17. The molecular weight excluding hydrogens is 323 g/mol. The number of halogens is 2. The van der Waals surface area contributed by atoms with Crippen molar-refractivity contribution >= 4 is 29.1 Å². The fraction of sp³-hybridized carbons (Fsp3) is 0.250. The second kappa shape index (κ2) is 6.15. The average molecular weight is 337 g/mol. The lowest BCUT2D eigenvalue weighted by Crippen LogP contribution is -2.30. The molecule has 0 bridgehead atoms. The van der Waals surface area contributed by atoms with Crippen LogP contribution in [0.1, 0.15) is 22.7 Å². The molecule has 114 valence electrons. The molecule has 0 radical (unpaired) electrons. The van der Waals surface area contributed by atoms with Crippen molar-refractivity contribution in [2.24, 2.45) is 0 Å². The van der Waals surface area contributed by atoms with Crippen molar-refractivity contribution in [3.05, 3.63) is 57.2 Å². The second-order valence-corrected chi connectivity index (χ2v) is 6.03. The van der Waals surface area contributed by atoms with Gasteiger partial charge in [0.2, 0.25) is 11.8 Å². The lowest BCUT2D eigenvalue weighted by atomic mass is 10.0. The highest BCUT2D eigenvalue weighted by molar-refractivity contribution is 6.35. The number of hydrogen-bond acceptors (Lipinski definition) is 3. The van der Waals surface area contributed by atoms with Gasteiger partial charge in [0.1, 0.15) is 6.61 Å². The van der Waals surface area contributed by atoms with Gasteiger partial charge in [-0.3, -0.25) is 4.79 Å². The summed E-state index contributed by atoms with van der Waals surface area (Å²) < 4.78 is 5.46. The number of pyridine rings is 1. The Morgan fingerprint density at radius 1 is 1.45 bits per heavy atom. The molecule has 1 aromatic carbocycles. The van der Waals surface area contributed by atoms with Gasteiger partial charge in [0.15, 0.2) is 0 Å². The van der Waals surface area contributed by atoms with Crippen molar-refractivity contribution in [1.82, 2.24) is 10.3 Å². The second-order valence-electron chi connectivity index (χ2n) is 5.19. The number of amides is 1. The molecule has 2 heterocycles. The molecule has 1 aliphatic heterocycles. The van der Waals surface area contributed by atoms with E-state index in [9.17, 15) is 4.79 Å². The van der Waals surface area contributed by atoms with E-state index in [1.807, 2.05) is 19.1 Å². The highest BCUT2D eigenvalue weighted by Crippen LogP contribution is 2.30. The Morgan fingerprint density at radius 2 is 2.27 bits per heavy atom. The van der Waals surface area contributed by atoms with Gasteiger partial charge in [-0.15, -0.1) is 0 Å².